The molecule has 0 bridgehead atoms. The van der Waals surface area contributed by atoms with Crippen LogP contribution in [0.5, 0.6) is 0 Å². The van der Waals surface area contributed by atoms with Crippen molar-refractivity contribution in [2.24, 2.45) is 0 Å². The molecule has 7 heterocycles. The van der Waals surface area contributed by atoms with Crippen LogP contribution in [0, 0.1) is 0 Å². The van der Waals surface area contributed by atoms with Gasteiger partial charge in [-0.1, -0.05) is 261 Å². The Hall–Kier alpha value is -15.0. The molecule has 7 aromatic heterocycles. The first-order chi connectivity index (χ1) is 60.0. The summed E-state index contributed by atoms with van der Waals surface area (Å²) in [5.41, 5.74) is 22.2. The topological polar surface area (TPSA) is 19.7 Å². The van der Waals surface area contributed by atoms with Crippen molar-refractivity contribution in [2.45, 2.75) is 0 Å². The number of hydrogen-bond donors (Lipinski definition) is 0. The molecular weight excluding hydrogens is 1520 g/mol. The number of thiophene rings is 3. The van der Waals surface area contributed by atoms with E-state index in [-0.39, 0.29) is 0 Å². The Morgan fingerprint density at radius 3 is 0.686 bits per heavy atom. The lowest BCUT2D eigenvalue weighted by molar-refractivity contribution is 1.18. The van der Waals surface area contributed by atoms with Crippen LogP contribution in [-0.4, -0.2) is 18.3 Å². The lowest BCUT2D eigenvalue weighted by atomic mass is 9.92. The third-order valence-electron chi connectivity index (χ3n) is 25.0. The fourth-order valence-corrected chi connectivity index (χ4v) is 22.9. The number of nitrogens with zero attached hydrogens (tertiary/aromatic N) is 4. The minimum atomic E-state index is 1.18. The van der Waals surface area contributed by atoms with Gasteiger partial charge in [0.2, 0.25) is 0 Å². The average Bonchev–Trinajstić information content (AvgIpc) is 1.09. The molecule has 0 aliphatic heterocycles. The summed E-state index contributed by atoms with van der Waals surface area (Å²) >= 11 is 5.65. The van der Waals surface area contributed by atoms with Crippen molar-refractivity contribution in [3.05, 3.63) is 425 Å². The fourth-order valence-electron chi connectivity index (χ4n) is 19.5. The van der Waals surface area contributed by atoms with E-state index < -0.39 is 0 Å². The van der Waals surface area contributed by atoms with Crippen molar-refractivity contribution in [1.82, 2.24) is 18.3 Å². The van der Waals surface area contributed by atoms with E-state index in [0.29, 0.717) is 0 Å². The van der Waals surface area contributed by atoms with Crippen molar-refractivity contribution in [3.63, 3.8) is 0 Å². The third-order valence-corrected chi connectivity index (χ3v) is 28.4. The first-order valence-corrected chi connectivity index (χ1v) is 43.8. The summed E-state index contributed by atoms with van der Waals surface area (Å²) in [6.07, 6.45) is 0. The molecule has 0 saturated heterocycles. The second-order valence-corrected chi connectivity index (χ2v) is 35.0. The van der Waals surface area contributed by atoms with E-state index in [1.165, 1.54) is 236 Å². The number of aromatic nitrogens is 4. The van der Waals surface area contributed by atoms with Crippen LogP contribution >= 0.6 is 34.0 Å². The summed E-state index contributed by atoms with van der Waals surface area (Å²) in [7, 11) is 0. The standard InChI is InChI=1S/C42H26N2S.C42H25NS.C30H19NS/c1-3-11-29(12-4-1)43-37-17-9-7-15-31(37)33-23-27(19-21-39(33)43)28-20-22-41-35(24-28)36-25-34-32-16-8-10-18-38(32)44(30-13-5-2-6-14-30)40(34)26-42(36)45-41;1-2-10-28(11-3-1)43-39-17-9-8-16-34(39)36-24-38-37-23-27(19-21-41(37)44-42(38)25-40(36)43)26-18-20-33-31-14-5-4-12-29(31)30-13-6-7-15-32(30)35(33)22-26;1-3-9-20(10-4-1)21-15-16-29-25(17-21)26-18-24-23-13-7-8-14-27(23)31(22-11-5-2-6-12-22)28(24)19-30(26)32-29/h1-26H;1-25H;1-19H. The van der Waals surface area contributed by atoms with Crippen LogP contribution in [0.1, 0.15) is 0 Å². The molecule has 4 nitrogen and oxygen atoms in total. The zero-order valence-electron chi connectivity index (χ0n) is 65.4. The summed E-state index contributed by atoms with van der Waals surface area (Å²) < 4.78 is 17.5. The molecule has 7 heteroatoms. The van der Waals surface area contributed by atoms with Gasteiger partial charge in [-0.3, -0.25) is 0 Å². The van der Waals surface area contributed by atoms with Crippen LogP contribution in [0.25, 0.3) is 236 Å². The molecule has 564 valence electrons. The Morgan fingerprint density at radius 1 is 0.116 bits per heavy atom. The molecule has 0 saturated carbocycles. The Labute approximate surface area is 707 Å². The first kappa shape index (κ1) is 69.2. The summed E-state index contributed by atoms with van der Waals surface area (Å²) in [5, 5.41) is 26.1. The zero-order valence-corrected chi connectivity index (χ0v) is 67.9. The van der Waals surface area contributed by atoms with Gasteiger partial charge in [0, 0.05) is 126 Å². The highest BCUT2D eigenvalue weighted by Crippen LogP contribution is 2.48. The second kappa shape index (κ2) is 27.9. The highest BCUT2D eigenvalue weighted by atomic mass is 32.1. The van der Waals surface area contributed by atoms with Crippen LogP contribution in [0.3, 0.4) is 0 Å². The largest absolute Gasteiger partial charge is 0.309 e. The van der Waals surface area contributed by atoms with E-state index in [0.717, 1.165) is 0 Å². The number of rotatable bonds is 7. The Balaban J connectivity index is 0.000000102. The van der Waals surface area contributed by atoms with Crippen molar-refractivity contribution < 1.29 is 0 Å². The molecule has 0 radical (unpaired) electrons. The van der Waals surface area contributed by atoms with E-state index in [9.17, 15) is 0 Å². The molecule has 0 aliphatic rings. The second-order valence-electron chi connectivity index (χ2n) is 31.7. The van der Waals surface area contributed by atoms with Gasteiger partial charge in [0.25, 0.3) is 0 Å². The summed E-state index contributed by atoms with van der Waals surface area (Å²) in [5.74, 6) is 0. The van der Waals surface area contributed by atoms with E-state index in [4.69, 9.17) is 0 Å². The Bertz CT molecular complexity index is 8850. The lowest BCUT2D eigenvalue weighted by Crippen LogP contribution is -1.92. The van der Waals surface area contributed by atoms with Crippen LogP contribution in [-0.2, 0) is 0 Å². The van der Waals surface area contributed by atoms with Gasteiger partial charge in [-0.05, 0) is 229 Å². The lowest BCUT2D eigenvalue weighted by Gasteiger charge is -2.12. The van der Waals surface area contributed by atoms with Crippen LogP contribution in [0.2, 0.25) is 0 Å². The molecule has 0 fully saturated rings. The summed E-state index contributed by atoms with van der Waals surface area (Å²) in [6, 6.07) is 155. The maximum absolute atomic E-state index is 2.43. The molecule has 27 aromatic rings. The van der Waals surface area contributed by atoms with Crippen molar-refractivity contribution in [2.75, 3.05) is 0 Å². The van der Waals surface area contributed by atoms with E-state index in [2.05, 4.69) is 443 Å². The monoisotopic (exact) mass is 1590 g/mol. The van der Waals surface area contributed by atoms with Gasteiger partial charge in [-0.25, -0.2) is 0 Å². The smallest absolute Gasteiger partial charge is 0.0555 e. The van der Waals surface area contributed by atoms with Gasteiger partial charge >= 0.3 is 0 Å². The first-order valence-electron chi connectivity index (χ1n) is 41.3. The van der Waals surface area contributed by atoms with Crippen molar-refractivity contribution in [3.8, 4) is 56.1 Å². The predicted molar refractivity (Wildman–Crippen MR) is 524 cm³/mol. The summed E-state index contributed by atoms with van der Waals surface area (Å²) in [6.45, 7) is 0. The molecule has 0 aliphatic carbocycles. The molecule has 121 heavy (non-hydrogen) atoms. The number of para-hydroxylation sites is 8. The minimum Gasteiger partial charge on any atom is -0.309 e. The van der Waals surface area contributed by atoms with Crippen molar-refractivity contribution >= 4 is 214 Å². The molecule has 27 rings (SSSR count). The average molecular weight is 1590 g/mol. The predicted octanol–water partition coefficient (Wildman–Crippen LogP) is 33.0. The maximum atomic E-state index is 2.43. The van der Waals surface area contributed by atoms with Crippen LogP contribution < -0.4 is 0 Å². The minimum absolute atomic E-state index is 1.18. The molecule has 0 atom stereocenters. The highest BCUT2D eigenvalue weighted by Gasteiger charge is 2.22. The number of hydrogen-bond acceptors (Lipinski definition) is 3. The fraction of sp³-hybridized carbons (Fsp3) is 0. The quantitative estimate of drug-likeness (QED) is 0.142. The number of benzene rings is 20. The van der Waals surface area contributed by atoms with Gasteiger partial charge in [0.1, 0.15) is 0 Å². The van der Waals surface area contributed by atoms with E-state index in [1.807, 2.05) is 34.0 Å². The van der Waals surface area contributed by atoms with Crippen molar-refractivity contribution in [1.29, 1.82) is 0 Å². The van der Waals surface area contributed by atoms with Gasteiger partial charge in [0.05, 0.1) is 44.1 Å². The van der Waals surface area contributed by atoms with E-state index >= 15 is 0 Å². The maximum Gasteiger partial charge on any atom is 0.0555 e. The third kappa shape index (κ3) is 11.2. The molecular formula is C114H70N4S3. The SMILES string of the molecule is c1ccc(-c2ccc3sc4cc5c(cc4c3c2)c2ccccc2n5-c2ccccc2)cc1.c1ccc(-n2c3ccccc3c3cc(-c4ccc5sc6cc7c(cc6c5c4)c4ccccc4n7-c4ccccc4)ccc32)cc1.c1ccc(-n2c3ccccc3c3cc4c(cc32)sc2ccc(-c3ccc5c6ccccc6c6ccccc6c5c3)cc24)cc1. The molecule has 0 spiro atoms. The molecule has 0 amide bonds. The molecule has 20 aromatic carbocycles. The Morgan fingerprint density at radius 2 is 0.339 bits per heavy atom. The van der Waals surface area contributed by atoms with Crippen LogP contribution in [0.15, 0.2) is 425 Å². The normalized spacial score (nSPS) is 12.0. The number of fused-ring (bicyclic) bond motifs is 27. The Kier molecular flexibility index (Phi) is 15.9. The van der Waals surface area contributed by atoms with Crippen LogP contribution in [0.4, 0.5) is 0 Å². The highest BCUT2D eigenvalue weighted by molar-refractivity contribution is 7.26. The van der Waals surface area contributed by atoms with Gasteiger partial charge in [-0.15, -0.1) is 34.0 Å². The molecule has 0 unspecified atom stereocenters. The zero-order chi connectivity index (χ0) is 79.3. The summed E-state index contributed by atoms with van der Waals surface area (Å²) in [4.78, 5) is 0. The van der Waals surface area contributed by atoms with Gasteiger partial charge < -0.3 is 18.3 Å². The van der Waals surface area contributed by atoms with Gasteiger partial charge in [0.15, 0.2) is 0 Å². The molecule has 0 N–H and O–H groups in total. The van der Waals surface area contributed by atoms with Gasteiger partial charge in [-0.2, -0.15) is 0 Å². The van der Waals surface area contributed by atoms with E-state index in [1.54, 1.807) is 0 Å².